The molecule has 3 rings (SSSR count). The molecule has 3 aliphatic rings. The standard InChI is InChI=1S/C55H102N2O21/c1-4-6-8-10-12-14-16-18-20-22-24-26-28-37(62)36(57-42(65)29-27-25-23-21-19-17-15-13-11-9-7-5-2)34-73-52-47(69)46(68)49(41(33-60)75-52)76-53-48(70)51(45(67)40(32-59)74-53)78-55(54(71)72)30-38(63)43(56-35(3)61)50(77-55)44(66)39(64)31-58/h36-41,43-53,58-60,62-64,66-70H,4-34H2,1-3H3,(H,56,61)(H,57,65)(H,71,72). The van der Waals surface area contributed by atoms with Crippen molar-refractivity contribution in [3.8, 4) is 0 Å². The van der Waals surface area contributed by atoms with Crippen LogP contribution in [0.3, 0.4) is 0 Å². The number of aliphatic hydroxyl groups excluding tert-OH is 11. The first-order valence-corrected chi connectivity index (χ1v) is 29.4. The second-order valence-electron chi connectivity index (χ2n) is 21.9. The van der Waals surface area contributed by atoms with Crippen LogP contribution >= 0.6 is 0 Å². The van der Waals surface area contributed by atoms with Gasteiger partial charge in [0.05, 0.1) is 50.7 Å². The molecule has 0 radical (unpaired) electrons. The number of aliphatic hydroxyl groups is 11. The fourth-order valence-corrected chi connectivity index (χ4v) is 10.5. The third kappa shape index (κ3) is 23.2. The van der Waals surface area contributed by atoms with Crippen LogP contribution in [0, 0.1) is 0 Å². The van der Waals surface area contributed by atoms with Gasteiger partial charge in [-0.25, -0.2) is 4.79 Å². The highest BCUT2D eigenvalue weighted by Gasteiger charge is 2.60. The van der Waals surface area contributed by atoms with Gasteiger partial charge >= 0.3 is 5.97 Å². The lowest BCUT2D eigenvalue weighted by molar-refractivity contribution is -0.386. The summed E-state index contributed by atoms with van der Waals surface area (Å²) >= 11 is 0. The summed E-state index contributed by atoms with van der Waals surface area (Å²) in [5.74, 6) is -6.10. The fraction of sp³-hybridized carbons (Fsp3) is 0.945. The number of nitrogens with one attached hydrogen (secondary N) is 2. The summed E-state index contributed by atoms with van der Waals surface area (Å²) in [6.07, 6.45) is -1.40. The zero-order chi connectivity index (χ0) is 57.6. The molecule has 14 N–H and O–H groups in total. The summed E-state index contributed by atoms with van der Waals surface area (Å²) in [5.41, 5.74) is 0. The smallest absolute Gasteiger partial charge is 0.364 e. The molecule has 3 heterocycles. The molecule has 0 saturated carbocycles. The van der Waals surface area contributed by atoms with Crippen LogP contribution in [0.4, 0.5) is 0 Å². The molecule has 0 aliphatic carbocycles. The quantitative estimate of drug-likeness (QED) is 0.0388. The predicted molar refractivity (Wildman–Crippen MR) is 283 cm³/mol. The van der Waals surface area contributed by atoms with Crippen molar-refractivity contribution in [2.75, 3.05) is 26.4 Å². The maximum atomic E-state index is 13.3. The van der Waals surface area contributed by atoms with Crippen LogP contribution in [-0.2, 0) is 42.8 Å². The van der Waals surface area contributed by atoms with Crippen molar-refractivity contribution in [1.29, 1.82) is 0 Å². The molecule has 18 unspecified atom stereocenters. The van der Waals surface area contributed by atoms with Gasteiger partial charge in [-0.1, -0.05) is 162 Å². The van der Waals surface area contributed by atoms with Crippen molar-refractivity contribution in [2.24, 2.45) is 0 Å². The van der Waals surface area contributed by atoms with Gasteiger partial charge in [0.15, 0.2) is 12.6 Å². The average Bonchev–Trinajstić information content (AvgIpc) is 3.46. The topological polar surface area (TPSA) is 373 Å². The second-order valence-corrected chi connectivity index (χ2v) is 21.9. The van der Waals surface area contributed by atoms with Gasteiger partial charge in [-0.3, -0.25) is 9.59 Å². The molecule has 0 aromatic carbocycles. The van der Waals surface area contributed by atoms with Crippen molar-refractivity contribution in [2.45, 2.75) is 304 Å². The highest BCUT2D eigenvalue weighted by atomic mass is 16.8. The Balaban J connectivity index is 1.68. The largest absolute Gasteiger partial charge is 0.477 e. The highest BCUT2D eigenvalue weighted by Crippen LogP contribution is 2.38. The number of carboxylic acid groups (broad SMARTS) is 1. The fourth-order valence-electron chi connectivity index (χ4n) is 10.5. The van der Waals surface area contributed by atoms with E-state index in [2.05, 4.69) is 24.5 Å². The molecule has 78 heavy (non-hydrogen) atoms. The Hall–Kier alpha value is -2.27. The van der Waals surface area contributed by atoms with E-state index >= 15 is 0 Å². The molecule has 0 aromatic rings. The first kappa shape index (κ1) is 70.0. The number of carbonyl (C=O) groups excluding carboxylic acids is 2. The van der Waals surface area contributed by atoms with Crippen LogP contribution in [0.2, 0.25) is 0 Å². The Morgan fingerprint density at radius 1 is 0.615 bits per heavy atom. The summed E-state index contributed by atoms with van der Waals surface area (Å²) < 4.78 is 34.7. The van der Waals surface area contributed by atoms with Crippen molar-refractivity contribution in [1.82, 2.24) is 10.6 Å². The number of ether oxygens (including phenoxy) is 6. The molecule has 23 nitrogen and oxygen atoms in total. The van der Waals surface area contributed by atoms with Crippen molar-refractivity contribution < 1.29 is 104 Å². The van der Waals surface area contributed by atoms with Crippen LogP contribution in [0.1, 0.15) is 194 Å². The lowest BCUT2D eigenvalue weighted by atomic mass is 9.88. The number of hydrogen-bond donors (Lipinski definition) is 14. The normalized spacial score (nSPS) is 31.1. The van der Waals surface area contributed by atoms with Gasteiger partial charge in [0.25, 0.3) is 5.79 Å². The van der Waals surface area contributed by atoms with Crippen molar-refractivity contribution in [3.63, 3.8) is 0 Å². The number of hydrogen-bond acceptors (Lipinski definition) is 20. The van der Waals surface area contributed by atoms with E-state index in [4.69, 9.17) is 28.4 Å². The lowest BCUT2D eigenvalue weighted by Gasteiger charge is -2.50. The number of rotatable bonds is 42. The number of carbonyl (C=O) groups is 3. The Morgan fingerprint density at radius 2 is 1.12 bits per heavy atom. The summed E-state index contributed by atoms with van der Waals surface area (Å²) in [5, 5.41) is 135. The first-order chi connectivity index (χ1) is 37.4. The molecule has 18 atom stereocenters. The molecular weight excluding hydrogens is 1020 g/mol. The molecule has 458 valence electrons. The zero-order valence-electron chi connectivity index (χ0n) is 46.8. The van der Waals surface area contributed by atoms with Gasteiger partial charge in [0.1, 0.15) is 67.1 Å². The van der Waals surface area contributed by atoms with Gasteiger partial charge in [0.2, 0.25) is 11.8 Å². The highest BCUT2D eigenvalue weighted by molar-refractivity contribution is 5.77. The minimum absolute atomic E-state index is 0.227. The molecule has 3 aliphatic heterocycles. The van der Waals surface area contributed by atoms with E-state index in [1.165, 1.54) is 89.9 Å². The second kappa shape index (κ2) is 38.5. The van der Waals surface area contributed by atoms with Crippen LogP contribution in [0.5, 0.6) is 0 Å². The Kier molecular flexibility index (Phi) is 34.5. The molecule has 3 saturated heterocycles. The predicted octanol–water partition coefficient (Wildman–Crippen LogP) is 1.83. The van der Waals surface area contributed by atoms with Gasteiger partial charge in [-0.15, -0.1) is 0 Å². The van der Waals surface area contributed by atoms with Crippen molar-refractivity contribution >= 4 is 17.8 Å². The molecular formula is C55H102N2O21. The lowest BCUT2D eigenvalue weighted by Crippen LogP contribution is -2.70. The van der Waals surface area contributed by atoms with Gasteiger partial charge < -0.3 is 100 Å². The minimum Gasteiger partial charge on any atom is -0.477 e. The summed E-state index contributed by atoms with van der Waals surface area (Å²) in [4.78, 5) is 38.3. The van der Waals surface area contributed by atoms with E-state index in [1.54, 1.807) is 0 Å². The number of carboxylic acids is 1. The SMILES string of the molecule is CCCCCCCCCCCCCCC(=O)NC(COC1OC(CO)C(OC2OC(CO)C(O)C(OC3(C(=O)O)CC(O)C(NC(C)=O)C(C(O)C(O)CO)O3)C2O)C(O)C1O)C(O)CCCCCCCCCCCCCC. The van der Waals surface area contributed by atoms with Gasteiger partial charge in [-0.05, 0) is 12.8 Å². The Morgan fingerprint density at radius 3 is 1.60 bits per heavy atom. The third-order valence-corrected chi connectivity index (χ3v) is 15.3. The first-order valence-electron chi connectivity index (χ1n) is 29.4. The van der Waals surface area contributed by atoms with Crippen molar-refractivity contribution in [3.05, 3.63) is 0 Å². The zero-order valence-corrected chi connectivity index (χ0v) is 46.8. The molecule has 0 spiro atoms. The van der Waals surface area contributed by atoms with E-state index in [-0.39, 0.29) is 18.9 Å². The molecule has 0 aromatic heterocycles. The van der Waals surface area contributed by atoms with Gasteiger partial charge in [-0.2, -0.15) is 0 Å². The third-order valence-electron chi connectivity index (χ3n) is 15.3. The van der Waals surface area contributed by atoms with E-state index in [9.17, 15) is 75.7 Å². The molecule has 0 bridgehead atoms. The van der Waals surface area contributed by atoms with Crippen LogP contribution in [-0.4, -0.2) is 215 Å². The number of amides is 2. The summed E-state index contributed by atoms with van der Waals surface area (Å²) in [6, 6.07) is -2.52. The average molecular weight is 1130 g/mol. The minimum atomic E-state index is -3.07. The summed E-state index contributed by atoms with van der Waals surface area (Å²) in [7, 11) is 0. The van der Waals surface area contributed by atoms with E-state index in [0.29, 0.717) is 19.3 Å². The van der Waals surface area contributed by atoms with Crippen LogP contribution in [0.25, 0.3) is 0 Å². The Labute approximate surface area is 461 Å². The van der Waals surface area contributed by atoms with E-state index < -0.39 is 148 Å². The molecule has 23 heteroatoms. The van der Waals surface area contributed by atoms with Crippen LogP contribution < -0.4 is 10.6 Å². The van der Waals surface area contributed by atoms with Crippen LogP contribution in [0.15, 0.2) is 0 Å². The molecule has 3 fully saturated rings. The number of unbranched alkanes of at least 4 members (excludes halogenated alkanes) is 22. The monoisotopic (exact) mass is 1130 g/mol. The molecule has 2 amide bonds. The number of aliphatic carboxylic acids is 1. The maximum Gasteiger partial charge on any atom is 0.364 e. The van der Waals surface area contributed by atoms with E-state index in [0.717, 1.165) is 58.3 Å². The maximum absolute atomic E-state index is 13.3. The van der Waals surface area contributed by atoms with E-state index in [1.807, 2.05) is 0 Å². The Bertz CT molecular complexity index is 1620. The van der Waals surface area contributed by atoms with Gasteiger partial charge in [0, 0.05) is 19.8 Å². The summed E-state index contributed by atoms with van der Waals surface area (Å²) in [6.45, 7) is 2.14.